The molecule has 2 aromatic rings. The van der Waals surface area contributed by atoms with Crippen LogP contribution in [-0.4, -0.2) is 43.0 Å². The average molecular weight is 414 g/mol. The zero-order valence-corrected chi connectivity index (χ0v) is 17.2. The summed E-state index contributed by atoms with van der Waals surface area (Å²) >= 11 is 1.43. The molecule has 2 rings (SSSR count). The van der Waals surface area contributed by atoms with Gasteiger partial charge in [-0.05, 0) is 37.4 Å². The zero-order chi connectivity index (χ0) is 21.4. The van der Waals surface area contributed by atoms with Gasteiger partial charge in [0, 0.05) is 22.9 Å². The zero-order valence-electron chi connectivity index (χ0n) is 16.4. The second-order valence-corrected chi connectivity index (χ2v) is 7.08. The number of carbonyl (C=O) groups excluding carboxylic acids is 4. The third-order valence-electron chi connectivity index (χ3n) is 3.87. The lowest BCUT2D eigenvalue weighted by Gasteiger charge is -2.10. The van der Waals surface area contributed by atoms with Crippen LogP contribution in [0.5, 0.6) is 0 Å². The summed E-state index contributed by atoms with van der Waals surface area (Å²) in [7, 11) is 0. The molecule has 0 aromatic heterocycles. The summed E-state index contributed by atoms with van der Waals surface area (Å²) in [5, 5.41) is 5.13. The normalized spacial score (nSPS) is 10.2. The number of benzene rings is 2. The topological polar surface area (TPSA) is 102 Å². The molecule has 0 radical (unpaired) electrons. The lowest BCUT2D eigenvalue weighted by molar-refractivity contribution is -0.141. The van der Waals surface area contributed by atoms with Crippen molar-refractivity contribution in [3.05, 3.63) is 59.2 Å². The van der Waals surface area contributed by atoms with Crippen LogP contribution in [0.1, 0.15) is 33.2 Å². The fourth-order valence-corrected chi connectivity index (χ4v) is 3.02. The van der Waals surface area contributed by atoms with Crippen molar-refractivity contribution in [2.75, 3.05) is 24.7 Å². The summed E-state index contributed by atoms with van der Waals surface area (Å²) in [6.45, 7) is 2.44. The molecule has 0 saturated carbocycles. The lowest BCUT2D eigenvalue weighted by atomic mass is 10.1. The SMILES string of the molecule is CSc1ccc(C(=O)COC(=O)CNC(=O)c2cccc(C)c2)cc1NC(C)=O. The number of hydrogen-bond acceptors (Lipinski definition) is 6. The van der Waals surface area contributed by atoms with Gasteiger partial charge < -0.3 is 15.4 Å². The van der Waals surface area contributed by atoms with E-state index in [1.54, 1.807) is 36.4 Å². The van der Waals surface area contributed by atoms with E-state index >= 15 is 0 Å². The minimum absolute atomic E-state index is 0.249. The van der Waals surface area contributed by atoms with Crippen LogP contribution in [0.3, 0.4) is 0 Å². The van der Waals surface area contributed by atoms with E-state index < -0.39 is 24.3 Å². The summed E-state index contributed by atoms with van der Waals surface area (Å²) < 4.78 is 4.95. The molecule has 0 unspecified atom stereocenters. The number of nitrogens with one attached hydrogen (secondary N) is 2. The van der Waals surface area contributed by atoms with Crippen molar-refractivity contribution >= 4 is 41.0 Å². The number of thioether (sulfide) groups is 1. The molecule has 2 N–H and O–H groups in total. The van der Waals surface area contributed by atoms with Gasteiger partial charge in [-0.25, -0.2) is 0 Å². The molecule has 0 heterocycles. The molecular weight excluding hydrogens is 392 g/mol. The third kappa shape index (κ3) is 6.76. The number of anilines is 1. The lowest BCUT2D eigenvalue weighted by Crippen LogP contribution is -2.31. The number of Topliss-reactive ketones (excluding diaryl/α,β-unsaturated/α-hetero) is 1. The predicted octanol–water partition coefficient (Wildman–Crippen LogP) is 2.83. The fourth-order valence-electron chi connectivity index (χ4n) is 2.49. The van der Waals surface area contributed by atoms with Crippen molar-refractivity contribution in [2.24, 2.45) is 0 Å². The molecule has 2 amide bonds. The number of rotatable bonds is 8. The van der Waals surface area contributed by atoms with Crippen LogP contribution < -0.4 is 10.6 Å². The number of ketones is 1. The van der Waals surface area contributed by atoms with Gasteiger partial charge in [-0.15, -0.1) is 11.8 Å². The minimum atomic E-state index is -0.720. The van der Waals surface area contributed by atoms with Crippen molar-refractivity contribution in [3.63, 3.8) is 0 Å². The predicted molar refractivity (Wildman–Crippen MR) is 111 cm³/mol. The first-order valence-corrected chi connectivity index (χ1v) is 10.0. The quantitative estimate of drug-likeness (QED) is 0.391. The molecule has 0 aliphatic heterocycles. The van der Waals surface area contributed by atoms with Gasteiger partial charge in [0.2, 0.25) is 5.91 Å². The molecule has 2 aromatic carbocycles. The Hall–Kier alpha value is -3.13. The van der Waals surface area contributed by atoms with E-state index in [9.17, 15) is 19.2 Å². The number of esters is 1. The van der Waals surface area contributed by atoms with Crippen molar-refractivity contribution < 1.29 is 23.9 Å². The van der Waals surface area contributed by atoms with Gasteiger partial charge in [-0.3, -0.25) is 19.2 Å². The second-order valence-electron chi connectivity index (χ2n) is 6.23. The first kappa shape index (κ1) is 22.2. The van der Waals surface area contributed by atoms with E-state index in [1.807, 2.05) is 19.2 Å². The number of carbonyl (C=O) groups is 4. The summed E-state index contributed by atoms with van der Waals surface area (Å²) in [6.07, 6.45) is 1.86. The molecular formula is C21H22N2O5S. The van der Waals surface area contributed by atoms with Gasteiger partial charge in [0.05, 0.1) is 5.69 Å². The molecule has 8 heteroatoms. The number of aryl methyl sites for hydroxylation is 1. The number of hydrogen-bond donors (Lipinski definition) is 2. The van der Waals surface area contributed by atoms with E-state index in [-0.39, 0.29) is 12.5 Å². The van der Waals surface area contributed by atoms with Crippen molar-refractivity contribution in [1.29, 1.82) is 0 Å². The Morgan fingerprint density at radius 3 is 2.45 bits per heavy atom. The Kier molecular flexibility index (Phi) is 7.97. The first-order chi connectivity index (χ1) is 13.8. The Balaban J connectivity index is 1.89. The van der Waals surface area contributed by atoms with Crippen LogP contribution in [0.2, 0.25) is 0 Å². The molecule has 152 valence electrons. The van der Waals surface area contributed by atoms with E-state index in [0.29, 0.717) is 16.8 Å². The Bertz CT molecular complexity index is 942. The Labute approximate surface area is 173 Å². The van der Waals surface area contributed by atoms with Gasteiger partial charge in [0.25, 0.3) is 5.91 Å². The highest BCUT2D eigenvalue weighted by Gasteiger charge is 2.14. The van der Waals surface area contributed by atoms with Gasteiger partial charge in [0.1, 0.15) is 6.54 Å². The van der Waals surface area contributed by atoms with Crippen LogP contribution in [0.4, 0.5) is 5.69 Å². The van der Waals surface area contributed by atoms with E-state index in [1.165, 1.54) is 18.7 Å². The van der Waals surface area contributed by atoms with Crippen molar-refractivity contribution in [3.8, 4) is 0 Å². The molecule has 0 bridgehead atoms. The maximum Gasteiger partial charge on any atom is 0.325 e. The highest BCUT2D eigenvalue weighted by Crippen LogP contribution is 2.26. The summed E-state index contributed by atoms with van der Waals surface area (Å²) in [6, 6.07) is 11.8. The summed E-state index contributed by atoms with van der Waals surface area (Å²) in [5.74, 6) is -1.78. The van der Waals surface area contributed by atoms with Gasteiger partial charge >= 0.3 is 5.97 Å². The molecule has 7 nitrogen and oxygen atoms in total. The largest absolute Gasteiger partial charge is 0.456 e. The highest BCUT2D eigenvalue weighted by atomic mass is 32.2. The molecule has 0 saturated heterocycles. The van der Waals surface area contributed by atoms with Crippen LogP contribution in [0, 0.1) is 6.92 Å². The monoisotopic (exact) mass is 414 g/mol. The first-order valence-electron chi connectivity index (χ1n) is 8.79. The standard InChI is InChI=1S/C21H22N2O5S/c1-13-5-4-6-16(9-13)21(27)22-11-20(26)28-12-18(25)15-7-8-19(29-3)17(10-15)23-14(2)24/h4-10H,11-12H2,1-3H3,(H,22,27)(H,23,24). The average Bonchev–Trinajstić information content (AvgIpc) is 2.69. The molecule has 0 spiro atoms. The Morgan fingerprint density at radius 2 is 1.79 bits per heavy atom. The van der Waals surface area contributed by atoms with Crippen molar-refractivity contribution in [2.45, 2.75) is 18.7 Å². The minimum Gasteiger partial charge on any atom is -0.456 e. The fraction of sp³-hybridized carbons (Fsp3) is 0.238. The highest BCUT2D eigenvalue weighted by molar-refractivity contribution is 7.98. The molecule has 0 aliphatic rings. The second kappa shape index (κ2) is 10.4. The summed E-state index contributed by atoms with van der Waals surface area (Å²) in [4.78, 5) is 48.3. The van der Waals surface area contributed by atoms with Gasteiger partial charge in [0.15, 0.2) is 12.4 Å². The van der Waals surface area contributed by atoms with Gasteiger partial charge in [-0.1, -0.05) is 23.8 Å². The van der Waals surface area contributed by atoms with E-state index in [4.69, 9.17) is 4.74 Å². The van der Waals surface area contributed by atoms with Crippen LogP contribution in [0.15, 0.2) is 47.4 Å². The van der Waals surface area contributed by atoms with Crippen LogP contribution >= 0.6 is 11.8 Å². The molecule has 0 aliphatic carbocycles. The van der Waals surface area contributed by atoms with E-state index in [2.05, 4.69) is 10.6 Å². The van der Waals surface area contributed by atoms with Crippen molar-refractivity contribution in [1.82, 2.24) is 5.32 Å². The van der Waals surface area contributed by atoms with Crippen LogP contribution in [-0.2, 0) is 14.3 Å². The molecule has 0 atom stereocenters. The maximum absolute atomic E-state index is 12.3. The smallest absolute Gasteiger partial charge is 0.325 e. The van der Waals surface area contributed by atoms with Gasteiger partial charge in [-0.2, -0.15) is 0 Å². The summed E-state index contributed by atoms with van der Waals surface area (Å²) in [5.41, 5.74) is 2.20. The molecule has 0 fully saturated rings. The van der Waals surface area contributed by atoms with E-state index in [0.717, 1.165) is 10.5 Å². The number of amides is 2. The number of ether oxygens (including phenoxy) is 1. The Morgan fingerprint density at radius 1 is 1.03 bits per heavy atom. The van der Waals surface area contributed by atoms with Crippen LogP contribution in [0.25, 0.3) is 0 Å². The molecule has 29 heavy (non-hydrogen) atoms. The third-order valence-corrected chi connectivity index (χ3v) is 4.67. The maximum atomic E-state index is 12.3.